The number of primary amides is 1. The largest absolute Gasteiger partial charge is 0.404 e. The number of nitrogens with two attached hydrogens (primary N) is 1. The van der Waals surface area contributed by atoms with Crippen LogP contribution in [0, 0.1) is 12.7 Å². The standard InChI is InChI=1S/C24H22F4N6O3S/c1-4-14-9-19-16(10-17(14)25)20(22(29)35)21(34(19)23-30-8-7-12(2)32-23)18-6-5-15(11-31-18)38(36,37)33-13(3)24(26,27)28/h5-11,13,33H,4H2,1-3H3,(H2,29,35)/t13-/m0/s1. The molecule has 200 valence electrons. The smallest absolute Gasteiger partial charge is 0.366 e. The zero-order valence-corrected chi connectivity index (χ0v) is 21.2. The van der Waals surface area contributed by atoms with Crippen molar-refractivity contribution in [2.75, 3.05) is 0 Å². The van der Waals surface area contributed by atoms with Crippen LogP contribution in [0.2, 0.25) is 0 Å². The fourth-order valence-corrected chi connectivity index (χ4v) is 5.09. The van der Waals surface area contributed by atoms with Gasteiger partial charge in [-0.2, -0.15) is 17.9 Å². The lowest BCUT2D eigenvalue weighted by molar-refractivity contribution is -0.147. The molecule has 0 saturated heterocycles. The van der Waals surface area contributed by atoms with Crippen LogP contribution in [0.25, 0.3) is 28.2 Å². The molecule has 0 aliphatic rings. The van der Waals surface area contributed by atoms with Gasteiger partial charge in [-0.3, -0.25) is 14.3 Å². The summed E-state index contributed by atoms with van der Waals surface area (Å²) < 4.78 is 81.5. The Labute approximate surface area is 214 Å². The number of alkyl halides is 3. The molecule has 0 aliphatic carbocycles. The van der Waals surface area contributed by atoms with Gasteiger partial charge in [0.1, 0.15) is 16.8 Å². The third-order valence-electron chi connectivity index (χ3n) is 5.86. The molecule has 0 spiro atoms. The molecule has 9 nitrogen and oxygen atoms in total. The van der Waals surface area contributed by atoms with Crippen LogP contribution in [0.15, 0.2) is 47.6 Å². The number of fused-ring (bicyclic) bond motifs is 1. The number of sulfonamides is 1. The lowest BCUT2D eigenvalue weighted by Crippen LogP contribution is -2.42. The maximum atomic E-state index is 14.8. The van der Waals surface area contributed by atoms with Crippen molar-refractivity contribution in [3.63, 3.8) is 0 Å². The minimum absolute atomic E-state index is 0.0291. The first kappa shape index (κ1) is 27.1. The first-order chi connectivity index (χ1) is 17.7. The zero-order chi connectivity index (χ0) is 28.0. The topological polar surface area (TPSA) is 133 Å². The van der Waals surface area contributed by atoms with Crippen molar-refractivity contribution in [1.29, 1.82) is 0 Å². The molecule has 1 amide bonds. The zero-order valence-electron chi connectivity index (χ0n) is 20.3. The predicted octanol–water partition coefficient (Wildman–Crippen LogP) is 3.82. The summed E-state index contributed by atoms with van der Waals surface area (Å²) >= 11 is 0. The van der Waals surface area contributed by atoms with E-state index in [4.69, 9.17) is 5.73 Å². The number of benzene rings is 1. The van der Waals surface area contributed by atoms with Crippen LogP contribution in [0.3, 0.4) is 0 Å². The number of hydrogen-bond acceptors (Lipinski definition) is 6. The van der Waals surface area contributed by atoms with Gasteiger partial charge in [0.2, 0.25) is 16.0 Å². The summed E-state index contributed by atoms with van der Waals surface area (Å²) in [6, 6.07) is 4.26. The number of pyridine rings is 1. The molecule has 0 saturated carbocycles. The van der Waals surface area contributed by atoms with E-state index in [-0.39, 0.29) is 28.3 Å². The van der Waals surface area contributed by atoms with E-state index >= 15 is 0 Å². The van der Waals surface area contributed by atoms with Gasteiger partial charge in [0.25, 0.3) is 5.91 Å². The molecule has 3 heterocycles. The molecule has 0 bridgehead atoms. The van der Waals surface area contributed by atoms with Crippen molar-refractivity contribution in [2.45, 2.75) is 44.3 Å². The average Bonchev–Trinajstić information content (AvgIpc) is 3.16. The summed E-state index contributed by atoms with van der Waals surface area (Å²) in [7, 11) is -4.58. The third-order valence-corrected chi connectivity index (χ3v) is 7.38. The quantitative estimate of drug-likeness (QED) is 0.336. The molecular formula is C24H22F4N6O3S. The fourth-order valence-electron chi connectivity index (χ4n) is 3.91. The number of aromatic nitrogens is 4. The first-order valence-electron chi connectivity index (χ1n) is 11.3. The fraction of sp³-hybridized carbons (Fsp3) is 0.250. The Morgan fingerprint density at radius 3 is 2.45 bits per heavy atom. The molecule has 1 aromatic carbocycles. The molecule has 0 radical (unpaired) electrons. The lowest BCUT2D eigenvalue weighted by atomic mass is 10.0. The van der Waals surface area contributed by atoms with Crippen LogP contribution in [0.5, 0.6) is 0 Å². The van der Waals surface area contributed by atoms with Gasteiger partial charge in [-0.1, -0.05) is 6.92 Å². The van der Waals surface area contributed by atoms with E-state index in [0.717, 1.165) is 12.3 Å². The highest BCUT2D eigenvalue weighted by Gasteiger charge is 2.39. The van der Waals surface area contributed by atoms with Crippen molar-refractivity contribution >= 4 is 26.8 Å². The molecular weight excluding hydrogens is 528 g/mol. The van der Waals surface area contributed by atoms with Crippen LogP contribution >= 0.6 is 0 Å². The Morgan fingerprint density at radius 2 is 1.89 bits per heavy atom. The van der Waals surface area contributed by atoms with Crippen LogP contribution in [-0.4, -0.2) is 46.1 Å². The van der Waals surface area contributed by atoms with Crippen molar-refractivity contribution in [3.8, 4) is 17.3 Å². The second-order valence-corrected chi connectivity index (χ2v) is 10.2. The lowest BCUT2D eigenvalue weighted by Gasteiger charge is -2.17. The maximum Gasteiger partial charge on any atom is 0.404 e. The molecule has 3 aromatic heterocycles. The molecule has 4 rings (SSSR count). The van der Waals surface area contributed by atoms with Gasteiger partial charge in [0.05, 0.1) is 22.5 Å². The number of carbonyl (C=O) groups is 1. The Morgan fingerprint density at radius 1 is 1.18 bits per heavy atom. The number of rotatable bonds is 7. The van der Waals surface area contributed by atoms with Crippen LogP contribution in [0.4, 0.5) is 17.6 Å². The van der Waals surface area contributed by atoms with Gasteiger partial charge in [0, 0.05) is 23.5 Å². The Kier molecular flexibility index (Phi) is 6.97. The van der Waals surface area contributed by atoms with E-state index in [9.17, 15) is 30.8 Å². The Balaban J connectivity index is 1.97. The van der Waals surface area contributed by atoms with Gasteiger partial charge in [-0.05, 0) is 56.2 Å². The molecule has 4 aromatic rings. The predicted molar refractivity (Wildman–Crippen MR) is 131 cm³/mol. The molecule has 38 heavy (non-hydrogen) atoms. The van der Waals surface area contributed by atoms with Crippen LogP contribution in [-0.2, 0) is 16.4 Å². The van der Waals surface area contributed by atoms with E-state index in [0.29, 0.717) is 30.1 Å². The average molecular weight is 551 g/mol. The monoisotopic (exact) mass is 550 g/mol. The maximum absolute atomic E-state index is 14.8. The van der Waals surface area contributed by atoms with Gasteiger partial charge in [-0.25, -0.2) is 22.8 Å². The highest BCUT2D eigenvalue weighted by atomic mass is 32.2. The van der Waals surface area contributed by atoms with Crippen LogP contribution in [0.1, 0.15) is 35.5 Å². The number of halogens is 4. The summed E-state index contributed by atoms with van der Waals surface area (Å²) in [5.41, 5.74) is 6.97. The van der Waals surface area contributed by atoms with Crippen molar-refractivity contribution < 1.29 is 30.8 Å². The molecule has 1 atom stereocenters. The summed E-state index contributed by atoms with van der Waals surface area (Å²) in [5.74, 6) is -1.36. The number of carbonyl (C=O) groups excluding carboxylic acids is 1. The van der Waals surface area contributed by atoms with Crippen molar-refractivity contribution in [1.82, 2.24) is 24.2 Å². The molecule has 3 N–H and O–H groups in total. The molecule has 14 heteroatoms. The number of amides is 1. The highest BCUT2D eigenvalue weighted by Crippen LogP contribution is 2.36. The van der Waals surface area contributed by atoms with Crippen molar-refractivity contribution in [3.05, 3.63) is 65.4 Å². The molecule has 0 fully saturated rings. The SMILES string of the molecule is CCc1cc2c(cc1F)c(C(N)=O)c(-c1ccc(S(=O)(=O)N[C@@H](C)C(F)(F)F)cn1)n2-c1nccc(C)n1. The number of nitrogens with one attached hydrogen (secondary N) is 1. The van der Waals surface area contributed by atoms with E-state index in [1.165, 1.54) is 29.0 Å². The third kappa shape index (κ3) is 4.96. The molecule has 0 unspecified atom stereocenters. The number of hydrogen-bond donors (Lipinski definition) is 2. The summed E-state index contributed by atoms with van der Waals surface area (Å²) in [6.45, 7) is 4.14. The van der Waals surface area contributed by atoms with E-state index in [1.807, 2.05) is 0 Å². The van der Waals surface area contributed by atoms with Crippen LogP contribution < -0.4 is 10.5 Å². The van der Waals surface area contributed by atoms with E-state index in [1.54, 1.807) is 24.6 Å². The van der Waals surface area contributed by atoms with Gasteiger partial charge in [0.15, 0.2) is 0 Å². The summed E-state index contributed by atoms with van der Waals surface area (Å²) in [5, 5.41) is 0.159. The first-order valence-corrected chi connectivity index (χ1v) is 12.7. The number of nitrogens with zero attached hydrogens (tertiary/aromatic N) is 4. The van der Waals surface area contributed by atoms with E-state index in [2.05, 4.69) is 15.0 Å². The van der Waals surface area contributed by atoms with Gasteiger partial charge in [-0.15, -0.1) is 0 Å². The minimum Gasteiger partial charge on any atom is -0.366 e. The number of aryl methyl sites for hydroxylation is 2. The summed E-state index contributed by atoms with van der Waals surface area (Å²) in [6.07, 6.45) is -2.12. The second kappa shape index (κ2) is 9.76. The molecule has 0 aliphatic heterocycles. The van der Waals surface area contributed by atoms with Crippen molar-refractivity contribution in [2.24, 2.45) is 5.73 Å². The normalized spacial score (nSPS) is 13.1. The Hall–Kier alpha value is -3.91. The van der Waals surface area contributed by atoms with E-state index < -0.39 is 38.9 Å². The van der Waals surface area contributed by atoms with Gasteiger partial charge < -0.3 is 5.73 Å². The minimum atomic E-state index is -4.79. The second-order valence-electron chi connectivity index (χ2n) is 8.50. The summed E-state index contributed by atoms with van der Waals surface area (Å²) in [4.78, 5) is 24.9. The highest BCUT2D eigenvalue weighted by molar-refractivity contribution is 7.89. The Bertz CT molecular complexity index is 1650. The van der Waals surface area contributed by atoms with Gasteiger partial charge >= 0.3 is 6.18 Å².